The average molecular weight is 298 g/mol. The lowest BCUT2D eigenvalue weighted by molar-refractivity contribution is 0.222. The molecule has 0 saturated carbocycles. The first kappa shape index (κ1) is 16.7. The molecule has 0 fully saturated rings. The molecular formula is C19H26N2O. The van der Waals surface area contributed by atoms with Crippen molar-refractivity contribution in [2.24, 2.45) is 5.92 Å². The van der Waals surface area contributed by atoms with Gasteiger partial charge in [-0.1, -0.05) is 43.7 Å². The zero-order valence-corrected chi connectivity index (χ0v) is 13.6. The molecule has 0 aliphatic rings. The van der Waals surface area contributed by atoms with Crippen molar-refractivity contribution in [3.8, 4) is 0 Å². The fourth-order valence-electron chi connectivity index (χ4n) is 2.59. The third kappa shape index (κ3) is 5.24. The first-order valence-corrected chi connectivity index (χ1v) is 7.98. The van der Waals surface area contributed by atoms with Crippen LogP contribution in [0.15, 0.2) is 48.7 Å². The van der Waals surface area contributed by atoms with Crippen molar-refractivity contribution in [3.63, 3.8) is 0 Å². The van der Waals surface area contributed by atoms with Gasteiger partial charge in [0.15, 0.2) is 0 Å². The highest BCUT2D eigenvalue weighted by Gasteiger charge is 2.07. The SMILES string of the molecule is CCC(CO)Cc1ccc(CN(C)Cc2ccccn2)cc1. The van der Waals surface area contributed by atoms with Crippen molar-refractivity contribution < 1.29 is 5.11 Å². The van der Waals surface area contributed by atoms with Gasteiger partial charge in [0.2, 0.25) is 0 Å². The first-order chi connectivity index (χ1) is 10.7. The Hall–Kier alpha value is -1.71. The van der Waals surface area contributed by atoms with Gasteiger partial charge >= 0.3 is 0 Å². The highest BCUT2D eigenvalue weighted by atomic mass is 16.3. The van der Waals surface area contributed by atoms with Crippen LogP contribution in [0.4, 0.5) is 0 Å². The monoisotopic (exact) mass is 298 g/mol. The molecule has 1 aromatic carbocycles. The van der Waals surface area contributed by atoms with Gasteiger partial charge in [0.25, 0.3) is 0 Å². The Morgan fingerprint density at radius 1 is 1.05 bits per heavy atom. The van der Waals surface area contributed by atoms with Crippen molar-refractivity contribution in [2.45, 2.75) is 32.9 Å². The predicted octanol–water partition coefficient (Wildman–Crippen LogP) is 3.27. The number of hydrogen-bond acceptors (Lipinski definition) is 3. The quantitative estimate of drug-likeness (QED) is 0.812. The summed E-state index contributed by atoms with van der Waals surface area (Å²) in [5, 5.41) is 9.29. The summed E-state index contributed by atoms with van der Waals surface area (Å²) >= 11 is 0. The van der Waals surface area contributed by atoms with Gasteiger partial charge in [0.05, 0.1) is 5.69 Å². The Morgan fingerprint density at radius 2 is 1.77 bits per heavy atom. The molecule has 0 aliphatic heterocycles. The minimum Gasteiger partial charge on any atom is -0.396 e. The topological polar surface area (TPSA) is 36.4 Å². The lowest BCUT2D eigenvalue weighted by Crippen LogP contribution is -2.17. The molecule has 0 aliphatic carbocycles. The van der Waals surface area contributed by atoms with Crippen molar-refractivity contribution in [3.05, 3.63) is 65.5 Å². The average Bonchev–Trinajstić information content (AvgIpc) is 2.55. The number of pyridine rings is 1. The molecule has 0 spiro atoms. The minimum absolute atomic E-state index is 0.269. The summed E-state index contributed by atoms with van der Waals surface area (Å²) < 4.78 is 0. The zero-order chi connectivity index (χ0) is 15.8. The molecule has 118 valence electrons. The summed E-state index contributed by atoms with van der Waals surface area (Å²) in [6.07, 6.45) is 3.81. The van der Waals surface area contributed by atoms with E-state index >= 15 is 0 Å². The molecule has 1 N–H and O–H groups in total. The number of aliphatic hydroxyl groups is 1. The van der Waals surface area contributed by atoms with E-state index in [1.165, 1.54) is 11.1 Å². The van der Waals surface area contributed by atoms with Crippen LogP contribution in [0.1, 0.15) is 30.2 Å². The maximum absolute atomic E-state index is 9.29. The van der Waals surface area contributed by atoms with Crippen molar-refractivity contribution >= 4 is 0 Å². The van der Waals surface area contributed by atoms with Crippen molar-refractivity contribution in [2.75, 3.05) is 13.7 Å². The van der Waals surface area contributed by atoms with Gasteiger partial charge in [-0.2, -0.15) is 0 Å². The Kier molecular flexibility index (Phi) is 6.56. The van der Waals surface area contributed by atoms with Crippen molar-refractivity contribution in [1.29, 1.82) is 0 Å². The normalized spacial score (nSPS) is 12.5. The smallest absolute Gasteiger partial charge is 0.0543 e. The second kappa shape index (κ2) is 8.66. The second-order valence-electron chi connectivity index (χ2n) is 5.97. The van der Waals surface area contributed by atoms with Gasteiger partial charge in [0, 0.05) is 25.9 Å². The molecule has 3 nitrogen and oxygen atoms in total. The summed E-state index contributed by atoms with van der Waals surface area (Å²) in [5.74, 6) is 0.373. The highest BCUT2D eigenvalue weighted by molar-refractivity contribution is 5.23. The molecule has 0 bridgehead atoms. The molecule has 2 rings (SSSR count). The van der Waals surface area contributed by atoms with Gasteiger partial charge < -0.3 is 5.11 Å². The van der Waals surface area contributed by atoms with E-state index in [2.05, 4.69) is 54.2 Å². The van der Waals surface area contributed by atoms with Crippen molar-refractivity contribution in [1.82, 2.24) is 9.88 Å². The lowest BCUT2D eigenvalue weighted by Gasteiger charge is -2.17. The third-order valence-electron chi connectivity index (χ3n) is 3.99. The Morgan fingerprint density at radius 3 is 2.36 bits per heavy atom. The summed E-state index contributed by atoms with van der Waals surface area (Å²) in [6.45, 7) is 4.16. The molecule has 0 radical (unpaired) electrons. The van der Waals surface area contributed by atoms with Gasteiger partial charge in [-0.3, -0.25) is 9.88 Å². The Labute approximate surface area is 133 Å². The van der Waals surface area contributed by atoms with E-state index in [-0.39, 0.29) is 6.61 Å². The molecule has 1 atom stereocenters. The van der Waals surface area contributed by atoms with E-state index in [9.17, 15) is 5.11 Å². The number of aromatic nitrogens is 1. The molecule has 0 amide bonds. The Bertz CT molecular complexity index is 535. The lowest BCUT2D eigenvalue weighted by atomic mass is 9.97. The number of aliphatic hydroxyl groups excluding tert-OH is 1. The van der Waals surface area contributed by atoms with Crippen LogP contribution in [0, 0.1) is 5.92 Å². The minimum atomic E-state index is 0.269. The zero-order valence-electron chi connectivity index (χ0n) is 13.6. The summed E-state index contributed by atoms with van der Waals surface area (Å²) in [7, 11) is 2.11. The summed E-state index contributed by atoms with van der Waals surface area (Å²) in [6, 6.07) is 14.8. The van der Waals surface area contributed by atoms with Gasteiger partial charge in [-0.05, 0) is 42.6 Å². The number of rotatable bonds is 8. The molecule has 1 aromatic heterocycles. The molecule has 3 heteroatoms. The maximum Gasteiger partial charge on any atom is 0.0543 e. The molecule has 1 unspecified atom stereocenters. The van der Waals surface area contributed by atoms with Crippen LogP contribution in [0.2, 0.25) is 0 Å². The van der Waals surface area contributed by atoms with Crippen LogP contribution < -0.4 is 0 Å². The second-order valence-corrected chi connectivity index (χ2v) is 5.97. The molecular weight excluding hydrogens is 272 g/mol. The van der Waals surface area contributed by atoms with Crippen LogP contribution in [0.5, 0.6) is 0 Å². The summed E-state index contributed by atoms with van der Waals surface area (Å²) in [5.41, 5.74) is 3.70. The Balaban J connectivity index is 1.88. The number of benzene rings is 1. The van der Waals surface area contributed by atoms with Crippen LogP contribution in [-0.2, 0) is 19.5 Å². The van der Waals surface area contributed by atoms with Gasteiger partial charge in [-0.25, -0.2) is 0 Å². The van der Waals surface area contributed by atoms with Crippen LogP contribution >= 0.6 is 0 Å². The molecule has 22 heavy (non-hydrogen) atoms. The fourth-order valence-corrected chi connectivity index (χ4v) is 2.59. The van der Waals surface area contributed by atoms with E-state index in [0.717, 1.165) is 31.6 Å². The third-order valence-corrected chi connectivity index (χ3v) is 3.99. The molecule has 2 aromatic rings. The van der Waals surface area contributed by atoms with Gasteiger partial charge in [-0.15, -0.1) is 0 Å². The maximum atomic E-state index is 9.29. The van der Waals surface area contributed by atoms with Crippen LogP contribution in [-0.4, -0.2) is 28.6 Å². The van der Waals surface area contributed by atoms with E-state index < -0.39 is 0 Å². The van der Waals surface area contributed by atoms with E-state index in [4.69, 9.17) is 0 Å². The molecule has 0 saturated heterocycles. The molecule has 1 heterocycles. The largest absolute Gasteiger partial charge is 0.396 e. The summed E-state index contributed by atoms with van der Waals surface area (Å²) in [4.78, 5) is 6.62. The number of hydrogen-bond donors (Lipinski definition) is 1. The van der Waals surface area contributed by atoms with E-state index in [1.807, 2.05) is 18.3 Å². The number of nitrogens with zero attached hydrogens (tertiary/aromatic N) is 2. The van der Waals surface area contributed by atoms with E-state index in [0.29, 0.717) is 5.92 Å². The standard InChI is InChI=1S/C19H26N2O/c1-3-16(15-22)12-17-7-9-18(10-8-17)13-21(2)14-19-6-4-5-11-20-19/h4-11,16,22H,3,12-15H2,1-2H3. The highest BCUT2D eigenvalue weighted by Crippen LogP contribution is 2.14. The van der Waals surface area contributed by atoms with E-state index in [1.54, 1.807) is 0 Å². The van der Waals surface area contributed by atoms with Gasteiger partial charge in [0.1, 0.15) is 0 Å². The van der Waals surface area contributed by atoms with Crippen LogP contribution in [0.25, 0.3) is 0 Å². The predicted molar refractivity (Wildman–Crippen MR) is 90.4 cm³/mol. The first-order valence-electron chi connectivity index (χ1n) is 7.98. The fraction of sp³-hybridized carbons (Fsp3) is 0.421. The van der Waals surface area contributed by atoms with Crippen LogP contribution in [0.3, 0.4) is 0 Å².